The van der Waals surface area contributed by atoms with Gasteiger partial charge >= 0.3 is 0 Å². The molecule has 0 aromatic heterocycles. The molecule has 0 heterocycles. The summed E-state index contributed by atoms with van der Waals surface area (Å²) in [6.07, 6.45) is 0. The number of sulfonamides is 1. The zero-order valence-electron chi connectivity index (χ0n) is 7.53. The largest absolute Gasteiger partial charge is 0.228 e. The Morgan fingerprint density at radius 3 is 1.27 bits per heavy atom. The van der Waals surface area contributed by atoms with Gasteiger partial charge in [-0.05, 0) is 11.8 Å². The van der Waals surface area contributed by atoms with E-state index in [2.05, 4.69) is 0 Å². The van der Waals surface area contributed by atoms with E-state index in [0.717, 1.165) is 0 Å². The molecule has 0 aliphatic rings. The molecule has 0 saturated carbocycles. The molecule has 0 aliphatic carbocycles. The normalized spacial score (nSPS) is 13.5. The fourth-order valence-electron chi connectivity index (χ4n) is 1.53. The van der Waals surface area contributed by atoms with Crippen LogP contribution in [0.2, 0.25) is 0 Å². The predicted molar refractivity (Wildman–Crippen MR) is 46.6 cm³/mol. The molecule has 0 aromatic carbocycles. The second-order valence-corrected chi connectivity index (χ2v) is 5.26. The summed E-state index contributed by atoms with van der Waals surface area (Å²) >= 11 is 0. The number of hydrogen-bond acceptors (Lipinski definition) is 2. The van der Waals surface area contributed by atoms with Gasteiger partial charge in [0.1, 0.15) is 0 Å². The Morgan fingerprint density at radius 2 is 1.27 bits per heavy atom. The SMILES string of the molecule is CC(C)C(C(C)C)S(N)(=O)=O. The molecule has 3 nitrogen and oxygen atoms in total. The molecule has 0 bridgehead atoms. The van der Waals surface area contributed by atoms with Crippen LogP contribution >= 0.6 is 0 Å². The molecule has 0 fully saturated rings. The molecule has 0 rings (SSSR count). The first-order chi connectivity index (χ1) is 4.76. The van der Waals surface area contributed by atoms with Crippen LogP contribution in [-0.2, 0) is 10.0 Å². The van der Waals surface area contributed by atoms with E-state index in [1.165, 1.54) is 0 Å². The Morgan fingerprint density at radius 1 is 1.00 bits per heavy atom. The minimum absolute atomic E-state index is 0.0880. The van der Waals surface area contributed by atoms with Crippen molar-refractivity contribution in [1.29, 1.82) is 0 Å². The van der Waals surface area contributed by atoms with Crippen LogP contribution < -0.4 is 5.14 Å². The standard InChI is InChI=1S/C7H17NO2S/c1-5(2)7(6(3)4)11(8,9)10/h5-7H,1-4H3,(H2,8,9,10). The topological polar surface area (TPSA) is 60.2 Å². The van der Waals surface area contributed by atoms with Crippen molar-refractivity contribution in [2.75, 3.05) is 0 Å². The Bertz CT molecular complexity index is 198. The highest BCUT2D eigenvalue weighted by molar-refractivity contribution is 7.89. The van der Waals surface area contributed by atoms with Gasteiger partial charge in [0, 0.05) is 0 Å². The van der Waals surface area contributed by atoms with Crippen molar-refractivity contribution in [3.05, 3.63) is 0 Å². The van der Waals surface area contributed by atoms with Crippen molar-refractivity contribution < 1.29 is 8.42 Å². The molecule has 68 valence electrons. The van der Waals surface area contributed by atoms with E-state index in [1.807, 2.05) is 27.7 Å². The van der Waals surface area contributed by atoms with Crippen molar-refractivity contribution >= 4 is 10.0 Å². The van der Waals surface area contributed by atoms with Crippen LogP contribution in [0.25, 0.3) is 0 Å². The van der Waals surface area contributed by atoms with E-state index < -0.39 is 15.3 Å². The lowest BCUT2D eigenvalue weighted by Crippen LogP contribution is -2.36. The van der Waals surface area contributed by atoms with Gasteiger partial charge in [0.15, 0.2) is 0 Å². The van der Waals surface area contributed by atoms with E-state index in [-0.39, 0.29) is 11.8 Å². The quantitative estimate of drug-likeness (QED) is 0.701. The molecule has 0 radical (unpaired) electrons. The molecule has 0 aromatic rings. The third-order valence-corrected chi connectivity index (χ3v) is 3.54. The minimum Gasteiger partial charge on any atom is -0.228 e. The highest BCUT2D eigenvalue weighted by atomic mass is 32.2. The number of primary sulfonamides is 1. The predicted octanol–water partition coefficient (Wildman–Crippen LogP) is 0.956. The van der Waals surface area contributed by atoms with Crippen molar-refractivity contribution in [2.24, 2.45) is 17.0 Å². The van der Waals surface area contributed by atoms with Crippen LogP contribution in [-0.4, -0.2) is 13.7 Å². The van der Waals surface area contributed by atoms with Crippen LogP contribution in [0.4, 0.5) is 0 Å². The van der Waals surface area contributed by atoms with Gasteiger partial charge in [-0.1, -0.05) is 27.7 Å². The van der Waals surface area contributed by atoms with Gasteiger partial charge in [-0.3, -0.25) is 0 Å². The van der Waals surface area contributed by atoms with Gasteiger partial charge in [0.2, 0.25) is 10.0 Å². The van der Waals surface area contributed by atoms with Gasteiger partial charge in [-0.15, -0.1) is 0 Å². The van der Waals surface area contributed by atoms with E-state index in [9.17, 15) is 8.42 Å². The van der Waals surface area contributed by atoms with Crippen LogP contribution in [0.1, 0.15) is 27.7 Å². The van der Waals surface area contributed by atoms with Gasteiger partial charge in [-0.2, -0.15) is 0 Å². The Kier molecular flexibility index (Phi) is 3.51. The molecule has 0 atom stereocenters. The zero-order chi connectivity index (χ0) is 9.23. The molecular weight excluding hydrogens is 162 g/mol. The number of nitrogens with two attached hydrogens (primary N) is 1. The van der Waals surface area contributed by atoms with Crippen LogP contribution in [0.15, 0.2) is 0 Å². The van der Waals surface area contributed by atoms with E-state index >= 15 is 0 Å². The van der Waals surface area contributed by atoms with Crippen molar-refractivity contribution in [3.8, 4) is 0 Å². The third kappa shape index (κ3) is 3.20. The van der Waals surface area contributed by atoms with Gasteiger partial charge in [0.05, 0.1) is 5.25 Å². The van der Waals surface area contributed by atoms with Crippen LogP contribution in [0.5, 0.6) is 0 Å². The first-order valence-corrected chi connectivity index (χ1v) is 5.39. The summed E-state index contributed by atoms with van der Waals surface area (Å²) in [5.74, 6) is 0.176. The Labute approximate surface area is 69.0 Å². The van der Waals surface area contributed by atoms with E-state index in [4.69, 9.17) is 5.14 Å². The van der Waals surface area contributed by atoms with Crippen molar-refractivity contribution in [2.45, 2.75) is 32.9 Å². The van der Waals surface area contributed by atoms with Crippen molar-refractivity contribution in [1.82, 2.24) is 0 Å². The fourth-order valence-corrected chi connectivity index (χ4v) is 3.05. The van der Waals surface area contributed by atoms with Gasteiger partial charge < -0.3 is 0 Å². The third-order valence-electron chi connectivity index (χ3n) is 1.69. The first kappa shape index (κ1) is 10.9. The molecule has 0 saturated heterocycles. The maximum Gasteiger partial charge on any atom is 0.212 e. The lowest BCUT2D eigenvalue weighted by atomic mass is 10.0. The Hall–Kier alpha value is -0.0900. The molecule has 4 heteroatoms. The highest BCUT2D eigenvalue weighted by Crippen LogP contribution is 2.18. The van der Waals surface area contributed by atoms with E-state index in [0.29, 0.717) is 0 Å². The maximum absolute atomic E-state index is 11.0. The summed E-state index contributed by atoms with van der Waals surface area (Å²) in [5, 5.41) is 4.64. The molecular formula is C7H17NO2S. The lowest BCUT2D eigenvalue weighted by Gasteiger charge is -2.21. The molecule has 0 unspecified atom stereocenters. The first-order valence-electron chi connectivity index (χ1n) is 3.78. The summed E-state index contributed by atoms with van der Waals surface area (Å²) in [4.78, 5) is 0. The van der Waals surface area contributed by atoms with Gasteiger partial charge in [0.25, 0.3) is 0 Å². The highest BCUT2D eigenvalue weighted by Gasteiger charge is 2.27. The van der Waals surface area contributed by atoms with E-state index in [1.54, 1.807) is 0 Å². The summed E-state index contributed by atoms with van der Waals surface area (Å²) in [7, 11) is -3.36. The molecule has 0 amide bonds. The summed E-state index contributed by atoms with van der Waals surface area (Å²) in [6, 6.07) is 0. The summed E-state index contributed by atoms with van der Waals surface area (Å²) < 4.78 is 22.0. The van der Waals surface area contributed by atoms with Crippen LogP contribution in [0, 0.1) is 11.8 Å². The molecule has 0 aliphatic heterocycles. The second kappa shape index (κ2) is 3.54. The van der Waals surface area contributed by atoms with Crippen LogP contribution in [0.3, 0.4) is 0 Å². The number of hydrogen-bond donors (Lipinski definition) is 1. The van der Waals surface area contributed by atoms with Gasteiger partial charge in [-0.25, -0.2) is 13.6 Å². The zero-order valence-corrected chi connectivity index (χ0v) is 8.35. The summed E-state index contributed by atoms with van der Waals surface area (Å²) in [5.41, 5.74) is 0. The maximum atomic E-state index is 11.0. The molecule has 11 heavy (non-hydrogen) atoms. The second-order valence-electron chi connectivity index (χ2n) is 3.54. The van der Waals surface area contributed by atoms with Crippen molar-refractivity contribution in [3.63, 3.8) is 0 Å². The molecule has 2 N–H and O–H groups in total. The fraction of sp³-hybridized carbons (Fsp3) is 1.00. The molecule has 0 spiro atoms. The Balaban J connectivity index is 4.64. The minimum atomic E-state index is -3.36. The summed E-state index contributed by atoms with van der Waals surface area (Å²) in [6.45, 7) is 7.48. The number of rotatable bonds is 3. The lowest BCUT2D eigenvalue weighted by molar-refractivity contribution is 0.451. The smallest absolute Gasteiger partial charge is 0.212 e. The average Bonchev–Trinajstić information content (AvgIpc) is 1.54. The monoisotopic (exact) mass is 179 g/mol. The average molecular weight is 179 g/mol.